The lowest BCUT2D eigenvalue weighted by Gasteiger charge is -2.24. The van der Waals surface area contributed by atoms with Crippen LogP contribution >= 0.6 is 11.8 Å². The maximum Gasteiger partial charge on any atom is 0.455 e. The second-order valence-electron chi connectivity index (χ2n) is 9.02. The molecular weight excluding hydrogens is 521 g/mol. The molecule has 0 spiro atoms. The summed E-state index contributed by atoms with van der Waals surface area (Å²) in [6, 6.07) is 3.27. The Labute approximate surface area is 214 Å². The number of rotatable bonds is 7. The lowest BCUT2D eigenvalue weighted by Crippen LogP contribution is -2.44. The molecule has 0 aliphatic rings. The Morgan fingerprint density at radius 3 is 2.41 bits per heavy atom. The highest BCUT2D eigenvalue weighted by Crippen LogP contribution is 2.37. The zero-order chi connectivity index (χ0) is 27.8. The summed E-state index contributed by atoms with van der Waals surface area (Å²) in [5.74, 6) is -4.30. The average Bonchev–Trinajstić information content (AvgIpc) is 3.17. The Hall–Kier alpha value is -3.16. The van der Waals surface area contributed by atoms with Crippen molar-refractivity contribution in [3.05, 3.63) is 30.7 Å². The van der Waals surface area contributed by atoms with Crippen molar-refractivity contribution in [2.45, 2.75) is 56.8 Å². The fourth-order valence-corrected chi connectivity index (χ4v) is 4.16. The lowest BCUT2D eigenvalue weighted by atomic mass is 10.2. The van der Waals surface area contributed by atoms with E-state index in [1.165, 1.54) is 47.0 Å². The highest BCUT2D eigenvalue weighted by molar-refractivity contribution is 7.99. The van der Waals surface area contributed by atoms with Crippen molar-refractivity contribution in [1.82, 2.24) is 14.8 Å². The number of anilines is 1. The molecular formula is C23H27F5N5O3S+. The van der Waals surface area contributed by atoms with Crippen LogP contribution in [0, 0.1) is 0 Å². The van der Waals surface area contributed by atoms with Gasteiger partial charge in [-0.15, -0.1) is 11.8 Å². The minimum atomic E-state index is -5.71. The van der Waals surface area contributed by atoms with Crippen LogP contribution in [0.1, 0.15) is 27.7 Å². The number of pyridine rings is 2. The van der Waals surface area contributed by atoms with Crippen LogP contribution in [0.4, 0.5) is 32.4 Å². The highest BCUT2D eigenvalue weighted by Gasteiger charge is 2.57. The monoisotopic (exact) mass is 548 g/mol. The number of aromatic nitrogens is 4. The largest absolute Gasteiger partial charge is 0.455 e. The van der Waals surface area contributed by atoms with Crippen molar-refractivity contribution in [2.24, 2.45) is 0 Å². The van der Waals surface area contributed by atoms with Crippen molar-refractivity contribution in [3.8, 4) is 11.4 Å². The molecule has 3 aromatic rings. The summed E-state index contributed by atoms with van der Waals surface area (Å²) in [6.45, 7) is 5.52. The third-order valence-corrected chi connectivity index (χ3v) is 5.98. The SMILES string of the molecule is CCSc1cc(N(C)C(=O)OC(C)(C)C)c[n+](OC)c1-c1cc2cnn(CC(F)(F)C(F)(F)F)c2cn1. The van der Waals surface area contributed by atoms with Crippen LogP contribution in [0.5, 0.6) is 0 Å². The number of carbonyl (C=O) groups excluding carboxylic acids is 1. The number of nitrogens with zero attached hydrogens (tertiary/aromatic N) is 5. The molecule has 0 bridgehead atoms. The van der Waals surface area contributed by atoms with E-state index in [2.05, 4.69) is 10.1 Å². The number of fused-ring (bicyclic) bond motifs is 1. The van der Waals surface area contributed by atoms with Crippen LogP contribution in [0.3, 0.4) is 0 Å². The fraction of sp³-hybridized carbons (Fsp3) is 0.478. The molecule has 0 aromatic carbocycles. The Morgan fingerprint density at radius 1 is 1.16 bits per heavy atom. The first-order valence-electron chi connectivity index (χ1n) is 11.1. The van der Waals surface area contributed by atoms with E-state index in [0.29, 0.717) is 37.8 Å². The molecule has 3 heterocycles. The summed E-state index contributed by atoms with van der Waals surface area (Å²) >= 11 is 1.44. The quantitative estimate of drug-likeness (QED) is 0.232. The standard InChI is InChI=1S/C23H27F5N5O3S/c1-7-37-18-9-15(31(5)20(34)36-21(2,3)4)12-33(35-6)19(18)16-8-14-10-30-32(17(14)11-29-16)13-22(24,25)23(26,27)28/h8-12H,7,13H2,1-6H3/q+1. The summed E-state index contributed by atoms with van der Waals surface area (Å²) in [5.41, 5.74) is 0.642. The predicted octanol–water partition coefficient (Wildman–Crippen LogP) is 5.13. The number of halogens is 5. The van der Waals surface area contributed by atoms with Gasteiger partial charge in [0.25, 0.3) is 5.69 Å². The normalized spacial score (nSPS) is 12.6. The Bertz CT molecular complexity index is 1290. The predicted molar refractivity (Wildman–Crippen MR) is 128 cm³/mol. The smallest absolute Gasteiger partial charge is 0.443 e. The van der Waals surface area contributed by atoms with Crippen molar-refractivity contribution < 1.29 is 41.1 Å². The van der Waals surface area contributed by atoms with Gasteiger partial charge in [0, 0.05) is 17.2 Å². The summed E-state index contributed by atoms with van der Waals surface area (Å²) in [7, 11) is 2.97. The van der Waals surface area contributed by atoms with E-state index in [-0.39, 0.29) is 5.52 Å². The molecule has 3 aromatic heterocycles. The van der Waals surface area contributed by atoms with Gasteiger partial charge in [0.05, 0.1) is 22.8 Å². The average molecular weight is 549 g/mol. The second kappa shape index (κ2) is 10.3. The van der Waals surface area contributed by atoms with Crippen molar-refractivity contribution in [3.63, 3.8) is 0 Å². The number of carbonyl (C=O) groups is 1. The van der Waals surface area contributed by atoms with E-state index >= 15 is 0 Å². The van der Waals surface area contributed by atoms with Gasteiger partial charge in [-0.25, -0.2) is 9.78 Å². The van der Waals surface area contributed by atoms with E-state index in [1.807, 2.05) is 6.92 Å². The molecule has 0 saturated heterocycles. The number of hydrogen-bond donors (Lipinski definition) is 0. The number of thioether (sulfide) groups is 1. The van der Waals surface area contributed by atoms with Crippen LogP contribution in [0.2, 0.25) is 0 Å². The number of hydrogen-bond acceptors (Lipinski definition) is 6. The van der Waals surface area contributed by atoms with Gasteiger partial charge >= 0.3 is 18.2 Å². The first-order valence-corrected chi connectivity index (χ1v) is 12.1. The van der Waals surface area contributed by atoms with Gasteiger partial charge in [0.1, 0.15) is 30.6 Å². The molecule has 0 aliphatic heterocycles. The van der Waals surface area contributed by atoms with Crippen LogP contribution in [0.25, 0.3) is 22.3 Å². The maximum atomic E-state index is 13.6. The van der Waals surface area contributed by atoms with E-state index in [0.717, 1.165) is 0 Å². The summed E-state index contributed by atoms with van der Waals surface area (Å²) in [6.07, 6.45) is -2.34. The van der Waals surface area contributed by atoms with Crippen molar-refractivity contribution in [1.29, 1.82) is 0 Å². The molecule has 0 N–H and O–H groups in total. The maximum absolute atomic E-state index is 13.6. The van der Waals surface area contributed by atoms with Gasteiger partial charge in [-0.3, -0.25) is 14.4 Å². The molecule has 37 heavy (non-hydrogen) atoms. The molecule has 0 aliphatic carbocycles. The molecule has 0 radical (unpaired) electrons. The number of amides is 1. The molecule has 202 valence electrons. The minimum absolute atomic E-state index is 0.0163. The Morgan fingerprint density at radius 2 is 1.84 bits per heavy atom. The van der Waals surface area contributed by atoms with E-state index in [1.54, 1.807) is 40.1 Å². The van der Waals surface area contributed by atoms with Crippen molar-refractivity contribution >= 4 is 34.4 Å². The van der Waals surface area contributed by atoms with E-state index < -0.39 is 30.3 Å². The molecule has 0 fully saturated rings. The second-order valence-corrected chi connectivity index (χ2v) is 10.3. The summed E-state index contributed by atoms with van der Waals surface area (Å²) < 4.78 is 72.6. The lowest BCUT2D eigenvalue weighted by molar-refractivity contribution is -0.877. The van der Waals surface area contributed by atoms with E-state index in [9.17, 15) is 26.7 Å². The molecule has 3 rings (SSSR count). The topological polar surface area (TPSA) is 73.4 Å². The molecule has 0 saturated carbocycles. The number of alkyl halides is 5. The van der Waals surface area contributed by atoms with Crippen molar-refractivity contribution in [2.75, 3.05) is 24.8 Å². The van der Waals surface area contributed by atoms with Crippen LogP contribution in [-0.4, -0.2) is 58.5 Å². The van der Waals surface area contributed by atoms with Gasteiger partial charge < -0.3 is 4.74 Å². The zero-order valence-electron chi connectivity index (χ0n) is 21.1. The highest BCUT2D eigenvalue weighted by atomic mass is 32.2. The third kappa shape index (κ3) is 6.22. The Kier molecular flexibility index (Phi) is 7.91. The third-order valence-electron chi connectivity index (χ3n) is 5.07. The first-order chi connectivity index (χ1) is 17.1. The first kappa shape index (κ1) is 28.4. The molecule has 0 atom stereocenters. The van der Waals surface area contributed by atoms with Crippen LogP contribution in [-0.2, 0) is 11.3 Å². The molecule has 14 heteroatoms. The van der Waals surface area contributed by atoms with Gasteiger partial charge in [0.2, 0.25) is 6.20 Å². The van der Waals surface area contributed by atoms with Gasteiger partial charge in [-0.1, -0.05) is 6.92 Å². The Balaban J connectivity index is 2.05. The van der Waals surface area contributed by atoms with E-state index in [4.69, 9.17) is 9.57 Å². The fourth-order valence-electron chi connectivity index (χ4n) is 3.31. The number of ether oxygens (including phenoxy) is 1. The van der Waals surface area contributed by atoms with Gasteiger partial charge in [-0.2, -0.15) is 27.1 Å². The van der Waals surface area contributed by atoms with Gasteiger partial charge in [-0.05, 0) is 38.7 Å². The zero-order valence-corrected chi connectivity index (χ0v) is 21.9. The van der Waals surface area contributed by atoms with Crippen LogP contribution in [0.15, 0.2) is 35.6 Å². The molecule has 8 nitrogen and oxygen atoms in total. The van der Waals surface area contributed by atoms with Gasteiger partial charge in [0.15, 0.2) is 0 Å². The molecule has 1 amide bonds. The van der Waals surface area contributed by atoms with Crippen LogP contribution < -0.4 is 14.5 Å². The summed E-state index contributed by atoms with van der Waals surface area (Å²) in [5, 5.41) is 4.02. The molecule has 0 unspecified atom stereocenters. The minimum Gasteiger partial charge on any atom is -0.443 e. The summed E-state index contributed by atoms with van der Waals surface area (Å²) in [4.78, 5) is 24.4.